The third-order valence-corrected chi connectivity index (χ3v) is 6.04. The second-order valence-corrected chi connectivity index (χ2v) is 8.54. The number of carbonyl (C=O) groups is 1. The molecule has 32 heavy (non-hydrogen) atoms. The SMILES string of the molecule is O=C(COc1ccc(Cl)cc1)Nc1ccc(N2CCN(Cc3ccccc3Cl)CC2)cc1. The molecule has 0 saturated carbocycles. The van der Waals surface area contributed by atoms with Crippen molar-refractivity contribution in [3.8, 4) is 5.75 Å². The fourth-order valence-electron chi connectivity index (χ4n) is 3.66. The van der Waals surface area contributed by atoms with E-state index in [4.69, 9.17) is 27.9 Å². The molecular weight excluding hydrogens is 445 g/mol. The number of hydrogen-bond acceptors (Lipinski definition) is 4. The maximum atomic E-state index is 12.2. The van der Waals surface area contributed by atoms with E-state index in [1.54, 1.807) is 24.3 Å². The van der Waals surface area contributed by atoms with Gasteiger partial charge in [-0.3, -0.25) is 9.69 Å². The molecule has 5 nitrogen and oxygen atoms in total. The second-order valence-electron chi connectivity index (χ2n) is 7.69. The topological polar surface area (TPSA) is 44.8 Å². The average Bonchev–Trinajstić information content (AvgIpc) is 2.81. The molecule has 1 N–H and O–H groups in total. The average molecular weight is 470 g/mol. The van der Waals surface area contributed by atoms with Gasteiger partial charge in [0, 0.05) is 54.1 Å². The highest BCUT2D eigenvalue weighted by molar-refractivity contribution is 6.31. The lowest BCUT2D eigenvalue weighted by atomic mass is 10.2. The molecule has 0 radical (unpaired) electrons. The first-order valence-electron chi connectivity index (χ1n) is 10.6. The quantitative estimate of drug-likeness (QED) is 0.507. The highest BCUT2D eigenvalue weighted by Gasteiger charge is 2.18. The molecule has 3 aromatic rings. The van der Waals surface area contributed by atoms with Crippen LogP contribution in [0, 0.1) is 0 Å². The molecule has 0 atom stereocenters. The minimum atomic E-state index is -0.208. The van der Waals surface area contributed by atoms with E-state index in [1.807, 2.05) is 42.5 Å². The van der Waals surface area contributed by atoms with Crippen molar-refractivity contribution in [1.29, 1.82) is 0 Å². The van der Waals surface area contributed by atoms with Gasteiger partial charge >= 0.3 is 0 Å². The highest BCUT2D eigenvalue weighted by atomic mass is 35.5. The standard InChI is InChI=1S/C25H25Cl2N3O2/c26-20-5-11-23(12-6-20)32-18-25(31)28-21-7-9-22(10-8-21)30-15-13-29(14-16-30)17-19-3-1-2-4-24(19)27/h1-12H,13-18H2,(H,28,31). The van der Waals surface area contributed by atoms with Gasteiger partial charge in [0.05, 0.1) is 0 Å². The van der Waals surface area contributed by atoms with Crippen molar-refractivity contribution in [3.63, 3.8) is 0 Å². The number of ether oxygens (including phenoxy) is 1. The highest BCUT2D eigenvalue weighted by Crippen LogP contribution is 2.22. The molecule has 1 aliphatic rings. The molecule has 0 bridgehead atoms. The lowest BCUT2D eigenvalue weighted by molar-refractivity contribution is -0.118. The molecule has 0 unspecified atom stereocenters. The van der Waals surface area contributed by atoms with Gasteiger partial charge in [-0.05, 0) is 60.2 Å². The van der Waals surface area contributed by atoms with Gasteiger partial charge in [-0.15, -0.1) is 0 Å². The number of rotatable bonds is 7. The summed E-state index contributed by atoms with van der Waals surface area (Å²) >= 11 is 12.1. The molecule has 0 spiro atoms. The predicted octanol–water partition coefficient (Wildman–Crippen LogP) is 5.33. The van der Waals surface area contributed by atoms with Gasteiger partial charge < -0.3 is 15.0 Å². The third kappa shape index (κ3) is 6.16. The zero-order chi connectivity index (χ0) is 22.3. The van der Waals surface area contributed by atoms with Gasteiger partial charge in [0.15, 0.2) is 6.61 Å². The summed E-state index contributed by atoms with van der Waals surface area (Å²) in [6, 6.07) is 22.9. The summed E-state index contributed by atoms with van der Waals surface area (Å²) in [5.41, 5.74) is 3.07. The molecule has 4 rings (SSSR count). The molecule has 3 aromatic carbocycles. The molecule has 1 saturated heterocycles. The molecule has 0 aromatic heterocycles. The van der Waals surface area contributed by atoms with Crippen LogP contribution in [0.15, 0.2) is 72.8 Å². The van der Waals surface area contributed by atoms with Gasteiger partial charge in [0.25, 0.3) is 5.91 Å². The summed E-state index contributed by atoms with van der Waals surface area (Å²) in [5, 5.41) is 4.32. The van der Waals surface area contributed by atoms with Crippen molar-refractivity contribution in [2.24, 2.45) is 0 Å². The Morgan fingerprint density at radius 2 is 1.56 bits per heavy atom. The zero-order valence-electron chi connectivity index (χ0n) is 17.6. The first-order valence-corrected chi connectivity index (χ1v) is 11.3. The summed E-state index contributed by atoms with van der Waals surface area (Å²) in [4.78, 5) is 16.9. The third-order valence-electron chi connectivity index (χ3n) is 5.42. The smallest absolute Gasteiger partial charge is 0.262 e. The lowest BCUT2D eigenvalue weighted by Gasteiger charge is -2.36. The summed E-state index contributed by atoms with van der Waals surface area (Å²) < 4.78 is 5.48. The van der Waals surface area contributed by atoms with Crippen LogP contribution < -0.4 is 15.0 Å². The molecular formula is C25H25Cl2N3O2. The molecule has 1 amide bonds. The van der Waals surface area contributed by atoms with Crippen LogP contribution in [0.25, 0.3) is 0 Å². The Hall–Kier alpha value is -2.73. The van der Waals surface area contributed by atoms with E-state index in [0.717, 1.165) is 49.1 Å². The van der Waals surface area contributed by atoms with Crippen LogP contribution in [-0.4, -0.2) is 43.6 Å². The minimum Gasteiger partial charge on any atom is -0.484 e. The van der Waals surface area contributed by atoms with Crippen molar-refractivity contribution in [3.05, 3.63) is 88.4 Å². The predicted molar refractivity (Wildman–Crippen MR) is 131 cm³/mol. The Kier molecular flexibility index (Phi) is 7.53. The minimum absolute atomic E-state index is 0.0588. The Balaban J connectivity index is 1.23. The number of piperazine rings is 1. The number of nitrogens with zero attached hydrogens (tertiary/aromatic N) is 2. The van der Waals surface area contributed by atoms with Crippen LogP contribution in [0.5, 0.6) is 5.75 Å². The maximum Gasteiger partial charge on any atom is 0.262 e. The number of benzene rings is 3. The van der Waals surface area contributed by atoms with E-state index in [0.29, 0.717) is 10.8 Å². The summed E-state index contributed by atoms with van der Waals surface area (Å²) in [6.07, 6.45) is 0. The molecule has 1 aliphatic heterocycles. The molecule has 1 heterocycles. The van der Waals surface area contributed by atoms with Crippen molar-refractivity contribution >= 4 is 40.5 Å². The van der Waals surface area contributed by atoms with Crippen LogP contribution in [0.3, 0.4) is 0 Å². The van der Waals surface area contributed by atoms with Crippen molar-refractivity contribution in [2.45, 2.75) is 6.54 Å². The van der Waals surface area contributed by atoms with Crippen LogP contribution >= 0.6 is 23.2 Å². The Labute approximate surface area is 198 Å². The van der Waals surface area contributed by atoms with Crippen molar-refractivity contribution < 1.29 is 9.53 Å². The van der Waals surface area contributed by atoms with Crippen LogP contribution in [0.2, 0.25) is 10.0 Å². The van der Waals surface area contributed by atoms with Crippen LogP contribution in [0.1, 0.15) is 5.56 Å². The number of hydrogen-bond donors (Lipinski definition) is 1. The number of carbonyl (C=O) groups excluding carboxylic acids is 1. The van der Waals surface area contributed by atoms with Crippen LogP contribution in [0.4, 0.5) is 11.4 Å². The van der Waals surface area contributed by atoms with Crippen molar-refractivity contribution in [2.75, 3.05) is 43.0 Å². The molecule has 7 heteroatoms. The van der Waals surface area contributed by atoms with Gasteiger partial charge in [-0.2, -0.15) is 0 Å². The number of nitrogens with one attached hydrogen (secondary N) is 1. The fourth-order valence-corrected chi connectivity index (χ4v) is 3.99. The first kappa shape index (κ1) is 22.5. The largest absolute Gasteiger partial charge is 0.484 e. The number of halogens is 2. The number of amides is 1. The van der Waals surface area contributed by atoms with Crippen LogP contribution in [-0.2, 0) is 11.3 Å². The van der Waals surface area contributed by atoms with Gasteiger partial charge in [-0.1, -0.05) is 41.4 Å². The number of anilines is 2. The summed E-state index contributed by atoms with van der Waals surface area (Å²) in [5.74, 6) is 0.398. The molecule has 1 fully saturated rings. The summed E-state index contributed by atoms with van der Waals surface area (Å²) in [6.45, 7) is 4.67. The fraction of sp³-hybridized carbons (Fsp3) is 0.240. The first-order chi connectivity index (χ1) is 15.6. The summed E-state index contributed by atoms with van der Waals surface area (Å²) in [7, 11) is 0. The maximum absolute atomic E-state index is 12.2. The van der Waals surface area contributed by atoms with E-state index in [-0.39, 0.29) is 12.5 Å². The van der Waals surface area contributed by atoms with E-state index in [9.17, 15) is 4.79 Å². The molecule has 0 aliphatic carbocycles. The normalized spacial score (nSPS) is 14.2. The van der Waals surface area contributed by atoms with E-state index in [1.165, 1.54) is 5.56 Å². The monoisotopic (exact) mass is 469 g/mol. The van der Waals surface area contributed by atoms with E-state index >= 15 is 0 Å². The van der Waals surface area contributed by atoms with Gasteiger partial charge in [0.1, 0.15) is 5.75 Å². The lowest BCUT2D eigenvalue weighted by Crippen LogP contribution is -2.46. The van der Waals surface area contributed by atoms with E-state index < -0.39 is 0 Å². The van der Waals surface area contributed by atoms with E-state index in [2.05, 4.69) is 21.2 Å². The zero-order valence-corrected chi connectivity index (χ0v) is 19.1. The Bertz CT molecular complexity index is 1030. The van der Waals surface area contributed by atoms with Gasteiger partial charge in [0.2, 0.25) is 0 Å². The van der Waals surface area contributed by atoms with Crippen molar-refractivity contribution in [1.82, 2.24) is 4.90 Å². The van der Waals surface area contributed by atoms with Gasteiger partial charge in [-0.25, -0.2) is 0 Å². The molecule has 166 valence electrons. The second kappa shape index (κ2) is 10.7. The Morgan fingerprint density at radius 3 is 2.25 bits per heavy atom. The Morgan fingerprint density at radius 1 is 0.875 bits per heavy atom.